The first-order chi connectivity index (χ1) is 5.84. The van der Waals surface area contributed by atoms with Crippen molar-refractivity contribution in [3.63, 3.8) is 0 Å². The molecule has 0 amide bonds. The minimum absolute atomic E-state index is 0.356. The average Bonchev–Trinajstić information content (AvgIpc) is 2.56. The number of hydrogen-bond donors (Lipinski definition) is 0. The fraction of sp³-hybridized carbons (Fsp3) is 0.545. The van der Waals surface area contributed by atoms with Crippen molar-refractivity contribution in [3.8, 4) is 0 Å². The normalized spacial score (nSPS) is 15.8. The number of unbranched alkanes of at least 4 members (excludes halogenated alkanes) is 1. The second kappa shape index (κ2) is 4.91. The highest BCUT2D eigenvalue weighted by Crippen LogP contribution is 2.20. The summed E-state index contributed by atoms with van der Waals surface area (Å²) in [6.07, 6.45) is 9.86. The lowest BCUT2D eigenvalue weighted by Crippen LogP contribution is -1.99. The number of carbonyl (C=O) groups excluding carboxylic acids is 1. The highest BCUT2D eigenvalue weighted by Gasteiger charge is 2.11. The Morgan fingerprint density at radius 3 is 3.08 bits per heavy atom. The van der Waals surface area contributed by atoms with E-state index in [-0.39, 0.29) is 0 Å². The van der Waals surface area contributed by atoms with E-state index in [0.717, 1.165) is 31.3 Å². The van der Waals surface area contributed by atoms with Crippen LogP contribution < -0.4 is 0 Å². The molecule has 66 valence electrons. The van der Waals surface area contributed by atoms with Crippen LogP contribution in [-0.2, 0) is 4.79 Å². The average molecular weight is 164 g/mol. The molecule has 1 nitrogen and oxygen atoms in total. The zero-order chi connectivity index (χ0) is 8.81. The molecule has 0 saturated heterocycles. The van der Waals surface area contributed by atoms with E-state index in [1.165, 1.54) is 6.42 Å². The van der Waals surface area contributed by atoms with E-state index in [2.05, 4.69) is 12.7 Å². The molecular formula is C11H16O. The molecule has 0 bridgehead atoms. The molecule has 1 heteroatoms. The van der Waals surface area contributed by atoms with Gasteiger partial charge in [0, 0.05) is 6.42 Å². The summed E-state index contributed by atoms with van der Waals surface area (Å²) in [5.41, 5.74) is 1.07. The molecule has 0 atom stereocenters. The fourth-order valence-corrected chi connectivity index (χ4v) is 1.49. The Balaban J connectivity index is 2.23. The Morgan fingerprint density at radius 2 is 2.50 bits per heavy atom. The van der Waals surface area contributed by atoms with Gasteiger partial charge in [-0.25, -0.2) is 0 Å². The third-order valence-electron chi connectivity index (χ3n) is 2.21. The third kappa shape index (κ3) is 2.65. The molecule has 1 aliphatic carbocycles. The first-order valence-corrected chi connectivity index (χ1v) is 4.67. The molecule has 0 N–H and O–H groups in total. The van der Waals surface area contributed by atoms with E-state index in [1.54, 1.807) is 0 Å². The monoisotopic (exact) mass is 164 g/mol. The van der Waals surface area contributed by atoms with Gasteiger partial charge in [0.2, 0.25) is 0 Å². The predicted molar refractivity (Wildman–Crippen MR) is 51.0 cm³/mol. The lowest BCUT2D eigenvalue weighted by atomic mass is 10.1. The lowest BCUT2D eigenvalue weighted by Gasteiger charge is -1.98. The van der Waals surface area contributed by atoms with Gasteiger partial charge in [-0.2, -0.15) is 0 Å². The van der Waals surface area contributed by atoms with Crippen molar-refractivity contribution in [1.82, 2.24) is 0 Å². The second-order valence-electron chi connectivity index (χ2n) is 3.23. The topological polar surface area (TPSA) is 17.1 Å². The Kier molecular flexibility index (Phi) is 3.78. The first kappa shape index (κ1) is 9.24. The summed E-state index contributed by atoms with van der Waals surface area (Å²) >= 11 is 0. The van der Waals surface area contributed by atoms with Gasteiger partial charge in [-0.3, -0.25) is 4.79 Å². The largest absolute Gasteiger partial charge is 0.295 e. The molecule has 0 saturated carbocycles. The molecule has 0 heterocycles. The number of hydrogen-bond acceptors (Lipinski definition) is 1. The summed E-state index contributed by atoms with van der Waals surface area (Å²) in [5.74, 6) is 0.356. The molecule has 12 heavy (non-hydrogen) atoms. The van der Waals surface area contributed by atoms with E-state index in [1.807, 2.05) is 6.08 Å². The molecule has 0 aromatic carbocycles. The summed E-state index contributed by atoms with van der Waals surface area (Å²) in [4.78, 5) is 11.4. The van der Waals surface area contributed by atoms with E-state index in [0.29, 0.717) is 12.2 Å². The van der Waals surface area contributed by atoms with Gasteiger partial charge < -0.3 is 0 Å². The molecule has 1 rings (SSSR count). The lowest BCUT2D eigenvalue weighted by molar-refractivity contribution is -0.115. The summed E-state index contributed by atoms with van der Waals surface area (Å²) in [5, 5.41) is 0. The summed E-state index contributed by atoms with van der Waals surface area (Å²) in [6.45, 7) is 3.63. The van der Waals surface area contributed by atoms with Crippen LogP contribution in [0.15, 0.2) is 24.3 Å². The highest BCUT2D eigenvalue weighted by atomic mass is 16.1. The molecule has 0 aliphatic heterocycles. The highest BCUT2D eigenvalue weighted by molar-refractivity contribution is 5.95. The quantitative estimate of drug-likeness (QED) is 0.451. The maximum Gasteiger partial charge on any atom is 0.158 e. The van der Waals surface area contributed by atoms with Crippen LogP contribution >= 0.6 is 0 Å². The number of Topliss-reactive ketones (excluding diaryl/α,β-unsaturated/α-hetero) is 1. The Labute approximate surface area is 74.2 Å². The van der Waals surface area contributed by atoms with Crippen LogP contribution in [0.3, 0.4) is 0 Å². The fourth-order valence-electron chi connectivity index (χ4n) is 1.49. The first-order valence-electron chi connectivity index (χ1n) is 4.67. The molecule has 0 radical (unpaired) electrons. The number of ketones is 1. The van der Waals surface area contributed by atoms with Crippen LogP contribution in [0, 0.1) is 0 Å². The minimum Gasteiger partial charge on any atom is -0.295 e. The van der Waals surface area contributed by atoms with Gasteiger partial charge in [0.05, 0.1) is 0 Å². The Bertz CT molecular complexity index is 201. The molecule has 0 aromatic heterocycles. The van der Waals surface area contributed by atoms with Gasteiger partial charge in [0.1, 0.15) is 0 Å². The number of carbonyl (C=O) groups is 1. The molecule has 1 aliphatic rings. The standard InChI is InChI=1S/C11H16O/c1-2-3-4-9-11(12)10-7-5-6-8-10/h2,7H,1,3-6,8-9H2. The van der Waals surface area contributed by atoms with Gasteiger partial charge in [0.15, 0.2) is 5.78 Å². The van der Waals surface area contributed by atoms with Crippen LogP contribution in [-0.4, -0.2) is 5.78 Å². The predicted octanol–water partition coefficient (Wildman–Crippen LogP) is 3.02. The van der Waals surface area contributed by atoms with Crippen molar-refractivity contribution in [1.29, 1.82) is 0 Å². The summed E-state index contributed by atoms with van der Waals surface area (Å²) in [7, 11) is 0. The van der Waals surface area contributed by atoms with Crippen LogP contribution in [0.25, 0.3) is 0 Å². The SMILES string of the molecule is C=CCCCC(=O)C1=CCCC1. The van der Waals surface area contributed by atoms with Crippen molar-refractivity contribution in [2.45, 2.75) is 38.5 Å². The van der Waals surface area contributed by atoms with Gasteiger partial charge in [0.25, 0.3) is 0 Å². The van der Waals surface area contributed by atoms with Crippen LogP contribution in [0.5, 0.6) is 0 Å². The zero-order valence-electron chi connectivity index (χ0n) is 7.51. The summed E-state index contributed by atoms with van der Waals surface area (Å²) < 4.78 is 0. The maximum absolute atomic E-state index is 11.4. The molecule has 0 fully saturated rings. The Hall–Kier alpha value is -0.850. The van der Waals surface area contributed by atoms with Crippen LogP contribution in [0.2, 0.25) is 0 Å². The number of rotatable bonds is 5. The van der Waals surface area contributed by atoms with Crippen LogP contribution in [0.4, 0.5) is 0 Å². The Morgan fingerprint density at radius 1 is 1.67 bits per heavy atom. The van der Waals surface area contributed by atoms with Crippen molar-refractivity contribution in [3.05, 3.63) is 24.3 Å². The summed E-state index contributed by atoms with van der Waals surface area (Å²) in [6, 6.07) is 0. The van der Waals surface area contributed by atoms with Gasteiger partial charge in [-0.05, 0) is 37.7 Å². The van der Waals surface area contributed by atoms with E-state index < -0.39 is 0 Å². The smallest absolute Gasteiger partial charge is 0.158 e. The number of allylic oxidation sites excluding steroid dienone is 3. The molecule has 0 unspecified atom stereocenters. The van der Waals surface area contributed by atoms with Crippen LogP contribution in [0.1, 0.15) is 38.5 Å². The molecular weight excluding hydrogens is 148 g/mol. The van der Waals surface area contributed by atoms with E-state index >= 15 is 0 Å². The van der Waals surface area contributed by atoms with Gasteiger partial charge >= 0.3 is 0 Å². The van der Waals surface area contributed by atoms with Crippen molar-refractivity contribution >= 4 is 5.78 Å². The van der Waals surface area contributed by atoms with E-state index in [4.69, 9.17) is 0 Å². The van der Waals surface area contributed by atoms with Gasteiger partial charge in [-0.15, -0.1) is 6.58 Å². The van der Waals surface area contributed by atoms with Gasteiger partial charge in [-0.1, -0.05) is 12.2 Å². The zero-order valence-corrected chi connectivity index (χ0v) is 7.51. The maximum atomic E-state index is 11.4. The molecule has 0 spiro atoms. The third-order valence-corrected chi connectivity index (χ3v) is 2.21. The van der Waals surface area contributed by atoms with Crippen molar-refractivity contribution < 1.29 is 4.79 Å². The minimum atomic E-state index is 0.356. The van der Waals surface area contributed by atoms with Crippen molar-refractivity contribution in [2.24, 2.45) is 0 Å². The molecule has 0 aromatic rings. The van der Waals surface area contributed by atoms with Crippen molar-refractivity contribution in [2.75, 3.05) is 0 Å². The second-order valence-corrected chi connectivity index (χ2v) is 3.23. The van der Waals surface area contributed by atoms with E-state index in [9.17, 15) is 4.79 Å².